The zero-order chi connectivity index (χ0) is 20.4. The Hall–Kier alpha value is -2.25. The summed E-state index contributed by atoms with van der Waals surface area (Å²) in [4.78, 5) is 32.2. The number of amides is 2. The lowest BCUT2D eigenvalue weighted by atomic mass is 10.1. The van der Waals surface area contributed by atoms with Gasteiger partial charge in [0, 0.05) is 31.1 Å². The van der Waals surface area contributed by atoms with E-state index < -0.39 is 0 Å². The number of carbonyl (C=O) groups excluding carboxylic acids is 2. The molecular weight excluding hydrogens is 374 g/mol. The van der Waals surface area contributed by atoms with Crippen molar-refractivity contribution in [2.24, 2.45) is 0 Å². The van der Waals surface area contributed by atoms with Crippen molar-refractivity contribution < 1.29 is 14.3 Å². The monoisotopic (exact) mass is 403 g/mol. The van der Waals surface area contributed by atoms with Crippen LogP contribution >= 0.6 is 11.3 Å². The van der Waals surface area contributed by atoms with Crippen LogP contribution in [0, 0.1) is 13.8 Å². The van der Waals surface area contributed by atoms with Crippen molar-refractivity contribution in [3.63, 3.8) is 0 Å². The fourth-order valence-corrected chi connectivity index (χ4v) is 3.54. The Morgan fingerprint density at radius 3 is 2.61 bits per heavy atom. The largest absolute Gasteiger partial charge is 0.382 e. The molecule has 2 aromatic rings. The highest BCUT2D eigenvalue weighted by Gasteiger charge is 2.18. The molecule has 152 valence electrons. The zero-order valence-corrected chi connectivity index (χ0v) is 17.7. The summed E-state index contributed by atoms with van der Waals surface area (Å²) in [7, 11) is 0. The topological polar surface area (TPSA) is 71.5 Å². The number of hydrogen-bond acceptors (Lipinski definition) is 5. The van der Waals surface area contributed by atoms with E-state index in [0.29, 0.717) is 44.2 Å². The molecule has 0 aliphatic heterocycles. The number of nitrogens with zero attached hydrogens (tertiary/aromatic N) is 2. The minimum absolute atomic E-state index is 0.0252. The summed E-state index contributed by atoms with van der Waals surface area (Å²) in [6, 6.07) is 9.90. The molecule has 0 atom stereocenters. The van der Waals surface area contributed by atoms with E-state index in [-0.39, 0.29) is 18.4 Å². The van der Waals surface area contributed by atoms with Crippen molar-refractivity contribution >= 4 is 28.3 Å². The molecule has 0 bridgehead atoms. The molecule has 28 heavy (non-hydrogen) atoms. The van der Waals surface area contributed by atoms with E-state index in [4.69, 9.17) is 4.74 Å². The minimum Gasteiger partial charge on any atom is -0.382 e. The molecule has 0 radical (unpaired) electrons. The second kappa shape index (κ2) is 11.6. The number of benzene rings is 1. The maximum atomic E-state index is 12.7. The van der Waals surface area contributed by atoms with Crippen LogP contribution in [-0.2, 0) is 20.7 Å². The molecule has 0 aliphatic rings. The van der Waals surface area contributed by atoms with Crippen LogP contribution in [0.2, 0.25) is 0 Å². The van der Waals surface area contributed by atoms with Crippen molar-refractivity contribution in [3.8, 4) is 0 Å². The van der Waals surface area contributed by atoms with Crippen LogP contribution in [0.3, 0.4) is 0 Å². The SMILES string of the molecule is CCOCCCN(CC(=O)Nc1nc(C)c(C)s1)C(=O)CCc1ccccc1. The van der Waals surface area contributed by atoms with Gasteiger partial charge in [-0.2, -0.15) is 0 Å². The number of rotatable bonds is 11. The van der Waals surface area contributed by atoms with Crippen LogP contribution < -0.4 is 5.32 Å². The molecule has 0 saturated heterocycles. The summed E-state index contributed by atoms with van der Waals surface area (Å²) in [5.74, 6) is -0.250. The number of nitrogens with one attached hydrogen (secondary N) is 1. The Balaban J connectivity index is 1.92. The molecule has 2 rings (SSSR count). The van der Waals surface area contributed by atoms with Crippen LogP contribution in [-0.4, -0.2) is 48.0 Å². The van der Waals surface area contributed by atoms with E-state index in [0.717, 1.165) is 16.1 Å². The maximum Gasteiger partial charge on any atom is 0.245 e. The molecule has 0 fully saturated rings. The second-order valence-corrected chi connectivity index (χ2v) is 7.76. The fourth-order valence-electron chi connectivity index (χ4n) is 2.71. The number of aromatic nitrogens is 1. The summed E-state index contributed by atoms with van der Waals surface area (Å²) in [5, 5.41) is 3.38. The van der Waals surface area contributed by atoms with Gasteiger partial charge in [-0.05, 0) is 39.2 Å². The van der Waals surface area contributed by atoms with Gasteiger partial charge in [0.15, 0.2) is 5.13 Å². The highest BCUT2D eigenvalue weighted by atomic mass is 32.1. The second-order valence-electron chi connectivity index (χ2n) is 6.56. The van der Waals surface area contributed by atoms with Gasteiger partial charge in [0.1, 0.15) is 0 Å². The molecule has 0 saturated carbocycles. The third-order valence-electron chi connectivity index (χ3n) is 4.35. The Morgan fingerprint density at radius 2 is 1.96 bits per heavy atom. The molecule has 1 heterocycles. The van der Waals surface area contributed by atoms with Gasteiger partial charge in [0.2, 0.25) is 11.8 Å². The molecule has 0 aliphatic carbocycles. The highest BCUT2D eigenvalue weighted by molar-refractivity contribution is 7.15. The smallest absolute Gasteiger partial charge is 0.245 e. The van der Waals surface area contributed by atoms with Gasteiger partial charge in [0.25, 0.3) is 0 Å². The lowest BCUT2D eigenvalue weighted by molar-refractivity contribution is -0.134. The molecule has 0 spiro atoms. The van der Waals surface area contributed by atoms with Crippen molar-refractivity contribution in [3.05, 3.63) is 46.5 Å². The van der Waals surface area contributed by atoms with E-state index in [2.05, 4.69) is 10.3 Å². The molecular formula is C21H29N3O3S. The van der Waals surface area contributed by atoms with E-state index >= 15 is 0 Å². The summed E-state index contributed by atoms with van der Waals surface area (Å²) >= 11 is 1.44. The third-order valence-corrected chi connectivity index (χ3v) is 5.34. The minimum atomic E-state index is -0.224. The summed E-state index contributed by atoms with van der Waals surface area (Å²) in [5.41, 5.74) is 2.02. The van der Waals surface area contributed by atoms with Crippen molar-refractivity contribution in [2.75, 3.05) is 31.6 Å². The van der Waals surface area contributed by atoms with Gasteiger partial charge in [-0.15, -0.1) is 11.3 Å². The van der Waals surface area contributed by atoms with E-state index in [9.17, 15) is 9.59 Å². The number of anilines is 1. The predicted molar refractivity (Wildman–Crippen MR) is 113 cm³/mol. The molecule has 7 heteroatoms. The van der Waals surface area contributed by atoms with Crippen LogP contribution in [0.5, 0.6) is 0 Å². The number of hydrogen-bond donors (Lipinski definition) is 1. The summed E-state index contributed by atoms with van der Waals surface area (Å²) in [6.45, 7) is 7.56. The van der Waals surface area contributed by atoms with Crippen LogP contribution in [0.15, 0.2) is 30.3 Å². The fraction of sp³-hybridized carbons (Fsp3) is 0.476. The quantitative estimate of drug-likeness (QED) is 0.582. The Kier molecular flexibility index (Phi) is 9.10. The summed E-state index contributed by atoms with van der Waals surface area (Å²) in [6.07, 6.45) is 1.74. The Bertz CT molecular complexity index is 742. The number of aryl methyl sites for hydroxylation is 3. The molecule has 1 aromatic heterocycles. The first kappa shape index (κ1) is 22.0. The van der Waals surface area contributed by atoms with Crippen LogP contribution in [0.25, 0.3) is 0 Å². The van der Waals surface area contributed by atoms with E-state index in [1.807, 2.05) is 51.1 Å². The first-order chi connectivity index (χ1) is 13.5. The Labute approximate surface area is 170 Å². The summed E-state index contributed by atoms with van der Waals surface area (Å²) < 4.78 is 5.36. The lowest BCUT2D eigenvalue weighted by Crippen LogP contribution is -2.39. The highest BCUT2D eigenvalue weighted by Crippen LogP contribution is 2.21. The first-order valence-electron chi connectivity index (χ1n) is 9.63. The average molecular weight is 404 g/mol. The van der Waals surface area contributed by atoms with E-state index in [1.165, 1.54) is 11.3 Å². The van der Waals surface area contributed by atoms with E-state index in [1.54, 1.807) is 4.90 Å². The van der Waals surface area contributed by atoms with Gasteiger partial charge in [-0.1, -0.05) is 30.3 Å². The Morgan fingerprint density at radius 1 is 1.21 bits per heavy atom. The van der Waals surface area contributed by atoms with Crippen LogP contribution in [0.4, 0.5) is 5.13 Å². The lowest BCUT2D eigenvalue weighted by Gasteiger charge is -2.22. The number of carbonyl (C=O) groups is 2. The van der Waals surface area contributed by atoms with Crippen molar-refractivity contribution in [1.29, 1.82) is 0 Å². The molecule has 0 unspecified atom stereocenters. The average Bonchev–Trinajstić information content (AvgIpc) is 3.00. The van der Waals surface area contributed by atoms with Crippen molar-refractivity contribution in [2.45, 2.75) is 40.0 Å². The molecule has 1 aromatic carbocycles. The molecule has 1 N–H and O–H groups in total. The number of thiazole rings is 1. The van der Waals surface area contributed by atoms with Gasteiger partial charge in [0.05, 0.1) is 12.2 Å². The van der Waals surface area contributed by atoms with Gasteiger partial charge in [-0.3, -0.25) is 9.59 Å². The standard InChI is InChI=1S/C21H29N3O3S/c1-4-27-14-8-13-24(20(26)12-11-18-9-6-5-7-10-18)15-19(25)23-21-22-16(2)17(3)28-21/h5-7,9-10H,4,8,11-15H2,1-3H3,(H,22,23,25). The van der Waals surface area contributed by atoms with Crippen LogP contribution in [0.1, 0.15) is 35.9 Å². The maximum absolute atomic E-state index is 12.7. The zero-order valence-electron chi connectivity index (χ0n) is 16.9. The normalized spacial score (nSPS) is 10.7. The van der Waals surface area contributed by atoms with Crippen molar-refractivity contribution in [1.82, 2.24) is 9.88 Å². The van der Waals surface area contributed by atoms with Gasteiger partial charge < -0.3 is 15.0 Å². The predicted octanol–water partition coefficient (Wildman–Crippen LogP) is 3.59. The van der Waals surface area contributed by atoms with Gasteiger partial charge >= 0.3 is 0 Å². The first-order valence-corrected chi connectivity index (χ1v) is 10.4. The number of ether oxygens (including phenoxy) is 1. The van der Waals surface area contributed by atoms with Gasteiger partial charge in [-0.25, -0.2) is 4.98 Å². The molecule has 6 nitrogen and oxygen atoms in total. The molecule has 2 amide bonds. The third kappa shape index (κ3) is 7.40.